The summed E-state index contributed by atoms with van der Waals surface area (Å²) in [5.74, 6) is -0.00902. The number of rotatable bonds is 8. The van der Waals surface area contributed by atoms with E-state index in [4.69, 9.17) is 9.47 Å². The molecule has 17 heteroatoms. The first-order valence-corrected chi connectivity index (χ1v) is 10.8. The molecule has 1 atom stereocenters. The molecule has 1 aliphatic heterocycles. The van der Waals surface area contributed by atoms with E-state index in [1.165, 1.54) is 4.90 Å². The molecule has 3 N–H and O–H groups in total. The van der Waals surface area contributed by atoms with Crippen LogP contribution < -0.4 is 15.8 Å². The Morgan fingerprint density at radius 2 is 1.86 bits per heavy atom. The molecule has 1 fully saturated rings. The molecule has 0 saturated carbocycles. The van der Waals surface area contributed by atoms with Crippen LogP contribution in [0.1, 0.15) is 22.5 Å². The lowest BCUT2D eigenvalue weighted by molar-refractivity contribution is -0.139. The number of aromatic amines is 2. The van der Waals surface area contributed by atoms with Gasteiger partial charge in [-0.2, -0.15) is 36.5 Å². The molecular formula is C20H20F6N8O3. The summed E-state index contributed by atoms with van der Waals surface area (Å²) in [6.45, 7) is 0.470. The van der Waals surface area contributed by atoms with Crippen molar-refractivity contribution in [1.29, 1.82) is 0 Å². The molecule has 0 unspecified atom stereocenters. The number of anilines is 2. The van der Waals surface area contributed by atoms with Crippen molar-refractivity contribution in [1.82, 2.24) is 30.4 Å². The van der Waals surface area contributed by atoms with Gasteiger partial charge in [0.05, 0.1) is 67.8 Å². The summed E-state index contributed by atoms with van der Waals surface area (Å²) in [5.41, 5.74) is -2.96. The van der Waals surface area contributed by atoms with Gasteiger partial charge in [0, 0.05) is 18.9 Å². The average Bonchev–Trinajstić information content (AvgIpc) is 3.29. The van der Waals surface area contributed by atoms with Gasteiger partial charge >= 0.3 is 12.4 Å². The predicted octanol–water partition coefficient (Wildman–Crippen LogP) is 2.35. The second-order valence-corrected chi connectivity index (χ2v) is 7.93. The summed E-state index contributed by atoms with van der Waals surface area (Å²) in [5, 5.41) is 14.9. The highest BCUT2D eigenvalue weighted by atomic mass is 19.4. The van der Waals surface area contributed by atoms with Crippen molar-refractivity contribution >= 4 is 11.6 Å². The minimum atomic E-state index is -4.87. The van der Waals surface area contributed by atoms with Crippen LogP contribution in [0.3, 0.4) is 0 Å². The molecule has 4 heterocycles. The summed E-state index contributed by atoms with van der Waals surface area (Å²) >= 11 is 0. The number of morpholine rings is 1. The molecule has 3 aromatic rings. The predicted molar refractivity (Wildman–Crippen MR) is 114 cm³/mol. The number of hydrogen-bond acceptors (Lipinski definition) is 9. The molecule has 0 aromatic carbocycles. The highest BCUT2D eigenvalue weighted by Gasteiger charge is 2.40. The van der Waals surface area contributed by atoms with Gasteiger partial charge < -0.3 is 19.7 Å². The minimum Gasteiger partial charge on any atom is -0.377 e. The third kappa shape index (κ3) is 6.53. The zero-order chi connectivity index (χ0) is 26.6. The summed E-state index contributed by atoms with van der Waals surface area (Å²) in [6, 6.07) is 1.02. The second-order valence-electron chi connectivity index (χ2n) is 7.93. The van der Waals surface area contributed by atoms with Gasteiger partial charge in [-0.1, -0.05) is 0 Å². The van der Waals surface area contributed by atoms with Crippen molar-refractivity contribution < 1.29 is 35.8 Å². The number of H-pyrrole nitrogens is 2. The maximum absolute atomic E-state index is 13.5. The van der Waals surface area contributed by atoms with Gasteiger partial charge in [-0.25, -0.2) is 15.1 Å². The van der Waals surface area contributed by atoms with Gasteiger partial charge in [0.1, 0.15) is 5.56 Å². The Kier molecular flexibility index (Phi) is 7.63. The lowest BCUT2D eigenvalue weighted by Gasteiger charge is -2.37. The van der Waals surface area contributed by atoms with E-state index in [2.05, 4.69) is 30.6 Å². The topological polar surface area (TPSA) is 134 Å². The summed E-state index contributed by atoms with van der Waals surface area (Å²) < 4.78 is 89.3. The van der Waals surface area contributed by atoms with Crippen molar-refractivity contribution in [3.05, 3.63) is 57.5 Å². The van der Waals surface area contributed by atoms with Crippen LogP contribution >= 0.6 is 0 Å². The zero-order valence-electron chi connectivity index (χ0n) is 18.9. The van der Waals surface area contributed by atoms with Gasteiger partial charge in [0.25, 0.3) is 5.56 Å². The molecule has 0 aliphatic carbocycles. The molecule has 4 rings (SSSR count). The van der Waals surface area contributed by atoms with E-state index in [-0.39, 0.29) is 51.2 Å². The molecule has 0 amide bonds. The van der Waals surface area contributed by atoms with E-state index in [0.29, 0.717) is 23.8 Å². The highest BCUT2D eigenvalue weighted by Crippen LogP contribution is 2.34. The fourth-order valence-corrected chi connectivity index (χ4v) is 3.60. The average molecular weight is 534 g/mol. The van der Waals surface area contributed by atoms with E-state index in [1.807, 2.05) is 5.10 Å². The Labute approximate surface area is 204 Å². The number of nitrogens with zero attached hydrogens (tertiary/aromatic N) is 5. The van der Waals surface area contributed by atoms with Crippen molar-refractivity contribution in [3.8, 4) is 0 Å². The first-order valence-electron chi connectivity index (χ1n) is 10.8. The van der Waals surface area contributed by atoms with E-state index in [1.54, 1.807) is 6.07 Å². The van der Waals surface area contributed by atoms with Crippen molar-refractivity contribution in [2.24, 2.45) is 0 Å². The van der Waals surface area contributed by atoms with Gasteiger partial charge in [-0.15, -0.1) is 0 Å². The van der Waals surface area contributed by atoms with E-state index < -0.39 is 35.1 Å². The lowest BCUT2D eigenvalue weighted by atomic mass is 10.1. The molecule has 0 radical (unpaired) electrons. The fraction of sp³-hybridized carbons (Fsp3) is 0.450. The molecule has 0 bridgehead atoms. The maximum Gasteiger partial charge on any atom is 0.423 e. The summed E-state index contributed by atoms with van der Waals surface area (Å²) in [6.07, 6.45) is -7.12. The Hall–Kier alpha value is -3.73. The second kappa shape index (κ2) is 10.7. The number of ether oxygens (including phenoxy) is 2. The third-order valence-electron chi connectivity index (χ3n) is 5.32. The van der Waals surface area contributed by atoms with Crippen LogP contribution in [0, 0.1) is 0 Å². The normalized spacial score (nSPS) is 16.7. The summed E-state index contributed by atoms with van der Waals surface area (Å²) in [4.78, 5) is 20.5. The molecule has 200 valence electrons. The van der Waals surface area contributed by atoms with E-state index >= 15 is 0 Å². The SMILES string of the molecule is O=c1[nH]ncc(N2CCOC[C@H]2COCc2cc(CNc3ncc(C(F)(F)F)cn3)[nH]n2)c1C(F)(F)F. The third-order valence-corrected chi connectivity index (χ3v) is 5.32. The number of halogens is 6. The number of alkyl halides is 6. The van der Waals surface area contributed by atoms with Gasteiger partial charge in [0.15, 0.2) is 0 Å². The van der Waals surface area contributed by atoms with Gasteiger partial charge in [0.2, 0.25) is 5.95 Å². The Balaban J connectivity index is 1.32. The highest BCUT2D eigenvalue weighted by molar-refractivity contribution is 5.53. The summed E-state index contributed by atoms with van der Waals surface area (Å²) in [7, 11) is 0. The number of hydrogen-bond donors (Lipinski definition) is 3. The van der Waals surface area contributed by atoms with Crippen LogP contribution in [0.5, 0.6) is 0 Å². The Morgan fingerprint density at radius 1 is 1.11 bits per heavy atom. The molecule has 11 nitrogen and oxygen atoms in total. The van der Waals surface area contributed by atoms with Gasteiger partial charge in [-0.05, 0) is 6.07 Å². The molecule has 3 aromatic heterocycles. The van der Waals surface area contributed by atoms with Crippen LogP contribution in [0.25, 0.3) is 0 Å². The quantitative estimate of drug-likeness (QED) is 0.373. The molecular weight excluding hydrogens is 514 g/mol. The first-order chi connectivity index (χ1) is 17.5. The van der Waals surface area contributed by atoms with Crippen LogP contribution in [0.2, 0.25) is 0 Å². The lowest BCUT2D eigenvalue weighted by Crippen LogP contribution is -2.49. The molecule has 1 aliphatic rings. The number of nitrogens with one attached hydrogen (secondary N) is 3. The van der Waals surface area contributed by atoms with E-state index in [0.717, 1.165) is 6.20 Å². The van der Waals surface area contributed by atoms with Crippen LogP contribution in [-0.4, -0.2) is 62.8 Å². The van der Waals surface area contributed by atoms with Crippen molar-refractivity contribution in [2.45, 2.75) is 31.5 Å². The maximum atomic E-state index is 13.5. The van der Waals surface area contributed by atoms with Crippen molar-refractivity contribution in [2.75, 3.05) is 36.6 Å². The standard InChI is InChI=1S/C20H20F6N8O3/c21-19(22,23)11-4-27-18(28-5-11)29-6-12-3-13(32-31-12)8-37-10-14-9-36-2-1-34(14)15-7-30-33-17(35)16(15)20(24,25)26/h3-5,7,14H,1-2,6,8-10H2,(H,31,32)(H,33,35)(H,27,28,29)/t14-/m0/s1. The molecule has 1 saturated heterocycles. The fourth-order valence-electron chi connectivity index (χ4n) is 3.60. The number of aromatic nitrogens is 6. The molecule has 37 heavy (non-hydrogen) atoms. The first kappa shape index (κ1) is 26.3. The minimum absolute atomic E-state index is 0.00902. The zero-order valence-corrected chi connectivity index (χ0v) is 18.9. The Bertz CT molecular complexity index is 1240. The Morgan fingerprint density at radius 3 is 2.57 bits per heavy atom. The monoisotopic (exact) mass is 534 g/mol. The van der Waals surface area contributed by atoms with Gasteiger partial charge in [-0.3, -0.25) is 9.89 Å². The largest absolute Gasteiger partial charge is 0.423 e. The van der Waals surface area contributed by atoms with E-state index in [9.17, 15) is 31.1 Å². The van der Waals surface area contributed by atoms with Crippen LogP contribution in [-0.2, 0) is 35.0 Å². The molecule has 0 spiro atoms. The van der Waals surface area contributed by atoms with Crippen molar-refractivity contribution in [3.63, 3.8) is 0 Å². The van der Waals surface area contributed by atoms with Crippen LogP contribution in [0.15, 0.2) is 29.5 Å². The van der Waals surface area contributed by atoms with Crippen LogP contribution in [0.4, 0.5) is 38.0 Å². The smallest absolute Gasteiger partial charge is 0.377 e.